The van der Waals surface area contributed by atoms with Gasteiger partial charge in [-0.2, -0.15) is 0 Å². The first-order valence-corrected chi connectivity index (χ1v) is 7.12. The predicted octanol–water partition coefficient (Wildman–Crippen LogP) is 3.39. The molecule has 2 unspecified atom stereocenters. The van der Waals surface area contributed by atoms with Crippen molar-refractivity contribution < 1.29 is 0 Å². The Hall–Kier alpha value is -0.470. The summed E-state index contributed by atoms with van der Waals surface area (Å²) in [6.45, 7) is 4.39. The quantitative estimate of drug-likeness (QED) is 0.810. The molecule has 1 aliphatic carbocycles. The second kappa shape index (κ2) is 5.24. The van der Waals surface area contributed by atoms with Gasteiger partial charge in [-0.1, -0.05) is 19.9 Å². The van der Waals surface area contributed by atoms with E-state index in [4.69, 9.17) is 5.73 Å². The van der Waals surface area contributed by atoms with Crippen LogP contribution in [0.3, 0.4) is 0 Å². The van der Waals surface area contributed by atoms with Crippen molar-refractivity contribution in [3.05, 3.63) is 29.3 Å². The third kappa shape index (κ3) is 2.61. The van der Waals surface area contributed by atoms with Crippen LogP contribution in [0.4, 0.5) is 0 Å². The minimum atomic E-state index is 0.304. The summed E-state index contributed by atoms with van der Waals surface area (Å²) in [5.74, 6) is 0. The first-order valence-electron chi connectivity index (χ1n) is 6.24. The van der Waals surface area contributed by atoms with E-state index >= 15 is 0 Å². The van der Waals surface area contributed by atoms with Gasteiger partial charge in [-0.3, -0.25) is 0 Å². The summed E-state index contributed by atoms with van der Waals surface area (Å²) in [4.78, 5) is 1.39. The second-order valence-corrected chi connectivity index (χ2v) is 6.13. The maximum atomic E-state index is 6.06. The van der Waals surface area contributed by atoms with Crippen LogP contribution in [-0.4, -0.2) is 11.3 Å². The Labute approximate surface area is 103 Å². The summed E-state index contributed by atoms with van der Waals surface area (Å²) in [7, 11) is 0. The van der Waals surface area contributed by atoms with Crippen LogP contribution in [-0.2, 0) is 12.8 Å². The molecule has 0 aromatic heterocycles. The van der Waals surface area contributed by atoms with Crippen LogP contribution in [0.2, 0.25) is 0 Å². The van der Waals surface area contributed by atoms with Crippen molar-refractivity contribution in [2.24, 2.45) is 5.73 Å². The summed E-state index contributed by atoms with van der Waals surface area (Å²) in [5, 5.41) is 0.504. The van der Waals surface area contributed by atoms with E-state index in [0.29, 0.717) is 11.3 Å². The first-order chi connectivity index (χ1) is 7.70. The molecule has 0 radical (unpaired) electrons. The van der Waals surface area contributed by atoms with Gasteiger partial charge in [0, 0.05) is 16.2 Å². The molecule has 1 aliphatic rings. The summed E-state index contributed by atoms with van der Waals surface area (Å²) < 4.78 is 0. The zero-order valence-electron chi connectivity index (χ0n) is 10.2. The number of aryl methyl sites for hydroxylation is 2. The number of benzene rings is 1. The Morgan fingerprint density at radius 3 is 2.81 bits per heavy atom. The Morgan fingerprint density at radius 2 is 2.06 bits per heavy atom. The summed E-state index contributed by atoms with van der Waals surface area (Å²) in [6.07, 6.45) is 4.91. The third-order valence-corrected chi connectivity index (χ3v) is 4.71. The third-order valence-electron chi connectivity index (χ3n) is 3.47. The van der Waals surface area contributed by atoms with Crippen molar-refractivity contribution in [1.29, 1.82) is 0 Å². The molecule has 2 atom stereocenters. The molecule has 2 rings (SSSR count). The maximum Gasteiger partial charge on any atom is 0.0217 e. The van der Waals surface area contributed by atoms with E-state index in [2.05, 4.69) is 32.0 Å². The van der Waals surface area contributed by atoms with E-state index in [1.54, 1.807) is 11.1 Å². The summed E-state index contributed by atoms with van der Waals surface area (Å²) in [5.41, 5.74) is 9.17. The lowest BCUT2D eigenvalue weighted by Gasteiger charge is -2.18. The highest BCUT2D eigenvalue weighted by Gasteiger charge is 2.15. The fraction of sp³-hybridized carbons (Fsp3) is 0.571. The van der Waals surface area contributed by atoms with Gasteiger partial charge in [0.2, 0.25) is 0 Å². The molecule has 0 saturated carbocycles. The van der Waals surface area contributed by atoms with Crippen molar-refractivity contribution in [3.63, 3.8) is 0 Å². The molecule has 0 fully saturated rings. The molecule has 0 amide bonds. The summed E-state index contributed by atoms with van der Waals surface area (Å²) in [6, 6.07) is 7.23. The average Bonchev–Trinajstić information content (AvgIpc) is 2.75. The molecular weight excluding hydrogens is 214 g/mol. The number of hydrogen-bond acceptors (Lipinski definition) is 2. The minimum Gasteiger partial charge on any atom is -0.327 e. The Bertz CT molecular complexity index is 362. The number of hydrogen-bond donors (Lipinski definition) is 1. The van der Waals surface area contributed by atoms with Gasteiger partial charge in [0.15, 0.2) is 0 Å². The molecule has 1 nitrogen and oxygen atoms in total. The van der Waals surface area contributed by atoms with Gasteiger partial charge in [-0.05, 0) is 48.9 Å². The topological polar surface area (TPSA) is 26.0 Å². The predicted molar refractivity (Wildman–Crippen MR) is 72.1 cm³/mol. The molecule has 0 spiro atoms. The molecule has 0 heterocycles. The minimum absolute atomic E-state index is 0.304. The van der Waals surface area contributed by atoms with Gasteiger partial charge in [0.05, 0.1) is 0 Å². The zero-order valence-corrected chi connectivity index (χ0v) is 11.0. The van der Waals surface area contributed by atoms with E-state index < -0.39 is 0 Å². The maximum absolute atomic E-state index is 6.06. The van der Waals surface area contributed by atoms with Crippen LogP contribution in [0, 0.1) is 0 Å². The van der Waals surface area contributed by atoms with E-state index in [1.807, 2.05) is 11.8 Å². The average molecular weight is 235 g/mol. The standard InChI is InChI=1S/C14H21NS/c1-3-14(15)10(2)16-13-8-7-11-5-4-6-12(11)9-13/h7-10,14H,3-6,15H2,1-2H3. The van der Waals surface area contributed by atoms with Gasteiger partial charge in [0.1, 0.15) is 0 Å². The number of rotatable bonds is 4. The molecule has 16 heavy (non-hydrogen) atoms. The van der Waals surface area contributed by atoms with Crippen LogP contribution in [0.15, 0.2) is 23.1 Å². The van der Waals surface area contributed by atoms with Gasteiger partial charge >= 0.3 is 0 Å². The number of nitrogens with two attached hydrogens (primary N) is 1. The van der Waals surface area contributed by atoms with Crippen LogP contribution < -0.4 is 5.73 Å². The lowest BCUT2D eigenvalue weighted by atomic mass is 10.1. The van der Waals surface area contributed by atoms with Crippen LogP contribution >= 0.6 is 11.8 Å². The lowest BCUT2D eigenvalue weighted by Crippen LogP contribution is -2.29. The van der Waals surface area contributed by atoms with Crippen molar-refractivity contribution in [2.75, 3.05) is 0 Å². The highest BCUT2D eigenvalue weighted by Crippen LogP contribution is 2.30. The highest BCUT2D eigenvalue weighted by atomic mass is 32.2. The molecule has 0 saturated heterocycles. The lowest BCUT2D eigenvalue weighted by molar-refractivity contribution is 0.642. The number of fused-ring (bicyclic) bond motifs is 1. The normalized spacial score (nSPS) is 18.2. The molecule has 88 valence electrons. The number of thioether (sulfide) groups is 1. The largest absolute Gasteiger partial charge is 0.327 e. The molecule has 2 N–H and O–H groups in total. The van der Waals surface area contributed by atoms with Gasteiger partial charge in [-0.25, -0.2) is 0 Å². The van der Waals surface area contributed by atoms with Crippen LogP contribution in [0.5, 0.6) is 0 Å². The summed E-state index contributed by atoms with van der Waals surface area (Å²) >= 11 is 1.92. The van der Waals surface area contributed by atoms with E-state index in [0.717, 1.165) is 6.42 Å². The van der Waals surface area contributed by atoms with Gasteiger partial charge < -0.3 is 5.73 Å². The Morgan fingerprint density at radius 1 is 1.31 bits per heavy atom. The highest BCUT2D eigenvalue weighted by molar-refractivity contribution is 8.00. The Balaban J connectivity index is 2.05. The second-order valence-electron chi connectivity index (χ2n) is 4.68. The first kappa shape index (κ1) is 12.0. The fourth-order valence-electron chi connectivity index (χ4n) is 2.26. The molecular formula is C14H21NS. The molecule has 0 aliphatic heterocycles. The molecule has 0 bridgehead atoms. The van der Waals surface area contributed by atoms with Crippen molar-refractivity contribution in [2.45, 2.75) is 55.7 Å². The smallest absolute Gasteiger partial charge is 0.0217 e. The van der Waals surface area contributed by atoms with Crippen LogP contribution in [0.1, 0.15) is 37.8 Å². The van der Waals surface area contributed by atoms with Crippen molar-refractivity contribution in [3.8, 4) is 0 Å². The molecule has 1 aromatic carbocycles. The van der Waals surface area contributed by atoms with Crippen LogP contribution in [0.25, 0.3) is 0 Å². The fourth-order valence-corrected chi connectivity index (χ4v) is 3.41. The van der Waals surface area contributed by atoms with E-state index in [1.165, 1.54) is 24.2 Å². The van der Waals surface area contributed by atoms with E-state index in [-0.39, 0.29) is 0 Å². The zero-order chi connectivity index (χ0) is 11.5. The SMILES string of the molecule is CCC(N)C(C)Sc1ccc2c(c1)CCC2. The monoisotopic (exact) mass is 235 g/mol. The van der Waals surface area contributed by atoms with E-state index in [9.17, 15) is 0 Å². The van der Waals surface area contributed by atoms with Gasteiger partial charge in [0.25, 0.3) is 0 Å². The van der Waals surface area contributed by atoms with Gasteiger partial charge in [-0.15, -0.1) is 11.8 Å². The van der Waals surface area contributed by atoms with Crippen molar-refractivity contribution >= 4 is 11.8 Å². The molecule has 1 aromatic rings. The Kier molecular flexibility index (Phi) is 3.93. The molecule has 2 heteroatoms. The van der Waals surface area contributed by atoms with Crippen molar-refractivity contribution in [1.82, 2.24) is 0 Å².